The zero-order valence-electron chi connectivity index (χ0n) is 34.0. The molecule has 0 saturated heterocycles. The third-order valence-electron chi connectivity index (χ3n) is 9.82. The summed E-state index contributed by atoms with van der Waals surface area (Å²) in [5.41, 5.74) is 12.5. The second kappa shape index (κ2) is 13.4. The highest BCUT2D eigenvalue weighted by atomic mass is 15.1. The van der Waals surface area contributed by atoms with Gasteiger partial charge in [0.2, 0.25) is 0 Å². The van der Waals surface area contributed by atoms with Crippen molar-refractivity contribution in [1.82, 2.24) is 18.9 Å². The lowest BCUT2D eigenvalue weighted by Gasteiger charge is -2.13. The van der Waals surface area contributed by atoms with Crippen LogP contribution in [0.15, 0.2) is 206 Å². The van der Waals surface area contributed by atoms with Crippen molar-refractivity contribution in [2.75, 3.05) is 0 Å². The Morgan fingerprint density at radius 2 is 1.02 bits per heavy atom. The van der Waals surface area contributed by atoms with Gasteiger partial charge in [0, 0.05) is 28.6 Å². The summed E-state index contributed by atoms with van der Waals surface area (Å²) in [5, 5.41) is 0. The number of benzene rings is 7. The molecule has 10 aromatic rings. The Balaban J connectivity index is 1.16. The Bertz CT molecular complexity index is 3170. The molecule has 7 aromatic carbocycles. The zero-order chi connectivity index (χ0) is 40.2. The van der Waals surface area contributed by atoms with Gasteiger partial charge in [-0.3, -0.25) is 8.97 Å². The molecule has 3 heterocycles. The molecule has 3 aromatic heterocycles. The van der Waals surface area contributed by atoms with E-state index in [1.807, 2.05) is 103 Å². The molecular weight excluding hydrogens is 657 g/mol. The fraction of sp³-hybridized carbons (Fsp3) is 0. The van der Waals surface area contributed by atoms with Crippen LogP contribution in [0.4, 0.5) is 0 Å². The predicted octanol–water partition coefficient (Wildman–Crippen LogP) is 12.7. The van der Waals surface area contributed by atoms with Gasteiger partial charge in [0.25, 0.3) is 0 Å². The molecule has 0 N–H and O–H groups in total. The lowest BCUT2D eigenvalue weighted by molar-refractivity contribution is 1.10. The van der Waals surface area contributed by atoms with Crippen LogP contribution in [0.25, 0.3) is 89.7 Å². The van der Waals surface area contributed by atoms with Crippen molar-refractivity contribution in [1.29, 1.82) is 0 Å². The second-order valence-electron chi connectivity index (χ2n) is 13.2. The molecule has 0 aliphatic rings. The highest BCUT2D eigenvalue weighted by Crippen LogP contribution is 2.38. The first kappa shape index (κ1) is 26.5. The van der Waals surface area contributed by atoms with E-state index in [9.17, 15) is 0 Å². The number of rotatable bonds is 7. The highest BCUT2D eigenvalue weighted by molar-refractivity contribution is 5.90. The topological polar surface area (TPSA) is 35.1 Å². The van der Waals surface area contributed by atoms with E-state index in [1.54, 1.807) is 0 Å². The highest BCUT2D eigenvalue weighted by Gasteiger charge is 2.18. The van der Waals surface area contributed by atoms with Crippen LogP contribution in [0, 0.1) is 0 Å². The minimum atomic E-state index is -0.424. The van der Waals surface area contributed by atoms with Gasteiger partial charge in [-0.1, -0.05) is 145 Å². The minimum Gasteiger partial charge on any atom is -0.299 e. The quantitative estimate of drug-likeness (QED) is 0.166. The number of fused-ring (bicyclic) bond motifs is 2. The number of imidazole rings is 2. The van der Waals surface area contributed by atoms with E-state index in [1.165, 1.54) is 0 Å². The molecule has 10 rings (SSSR count). The van der Waals surface area contributed by atoms with E-state index in [0.29, 0.717) is 5.56 Å². The average Bonchev–Trinajstić information content (AvgIpc) is 3.88. The molecule has 54 heavy (non-hydrogen) atoms. The van der Waals surface area contributed by atoms with Crippen LogP contribution in [0.2, 0.25) is 0 Å². The lowest BCUT2D eigenvalue weighted by Crippen LogP contribution is -1.97. The molecule has 0 unspecified atom stereocenters. The number of nitrogens with zero attached hydrogens (tertiary/aromatic N) is 4. The Morgan fingerprint density at radius 1 is 0.426 bits per heavy atom. The van der Waals surface area contributed by atoms with Gasteiger partial charge in [0.15, 0.2) is 0 Å². The van der Waals surface area contributed by atoms with Crippen molar-refractivity contribution < 1.29 is 6.85 Å². The Kier molecular flexibility index (Phi) is 6.54. The number of pyridine rings is 1. The first-order valence-corrected chi connectivity index (χ1v) is 17.8. The molecular formula is C50H34N4. The monoisotopic (exact) mass is 695 g/mol. The molecule has 0 amide bonds. The van der Waals surface area contributed by atoms with Crippen LogP contribution in [0.3, 0.4) is 0 Å². The van der Waals surface area contributed by atoms with Gasteiger partial charge in [-0.25, -0.2) is 9.97 Å². The van der Waals surface area contributed by atoms with Crippen LogP contribution < -0.4 is 0 Å². The fourth-order valence-corrected chi connectivity index (χ4v) is 7.26. The molecule has 4 heteroatoms. The SMILES string of the molecule is [2H]c1c([2H])c([2H])c(-c2cc(-c3ccc(-c4c(-c5ccccc5)nc5ccccn45)cc3)cc(-c3ccc4nc(-c5ccccc5)n(-c5ccccc5)c4c3)c2)c([2H])c1[2H]. The second-order valence-corrected chi connectivity index (χ2v) is 13.2. The summed E-state index contributed by atoms with van der Waals surface area (Å²) >= 11 is 0. The van der Waals surface area contributed by atoms with E-state index >= 15 is 0 Å². The summed E-state index contributed by atoms with van der Waals surface area (Å²) in [4.78, 5) is 10.1. The van der Waals surface area contributed by atoms with Crippen LogP contribution in [0.5, 0.6) is 0 Å². The predicted molar refractivity (Wildman–Crippen MR) is 222 cm³/mol. The van der Waals surface area contributed by atoms with E-state index in [4.69, 9.17) is 16.8 Å². The van der Waals surface area contributed by atoms with Crippen molar-refractivity contribution in [2.45, 2.75) is 0 Å². The van der Waals surface area contributed by atoms with Crippen LogP contribution in [0.1, 0.15) is 6.85 Å². The zero-order valence-corrected chi connectivity index (χ0v) is 29.0. The molecule has 254 valence electrons. The summed E-state index contributed by atoms with van der Waals surface area (Å²) in [5.74, 6) is 0.819. The molecule has 0 spiro atoms. The number of para-hydroxylation sites is 1. The largest absolute Gasteiger partial charge is 0.299 e. The first-order valence-electron chi connectivity index (χ1n) is 20.3. The summed E-state index contributed by atoms with van der Waals surface area (Å²) < 4.78 is 47.4. The number of hydrogen-bond acceptors (Lipinski definition) is 2. The molecule has 4 nitrogen and oxygen atoms in total. The van der Waals surface area contributed by atoms with Crippen LogP contribution in [-0.4, -0.2) is 18.9 Å². The summed E-state index contributed by atoms with van der Waals surface area (Å²) in [6.07, 6.45) is 2.03. The summed E-state index contributed by atoms with van der Waals surface area (Å²) in [6.45, 7) is 0. The molecule has 0 saturated carbocycles. The minimum absolute atomic E-state index is 0.149. The van der Waals surface area contributed by atoms with Crippen LogP contribution in [-0.2, 0) is 0 Å². The van der Waals surface area contributed by atoms with Gasteiger partial charge in [0.05, 0.1) is 29.3 Å². The summed E-state index contributed by atoms with van der Waals surface area (Å²) in [7, 11) is 0. The molecule has 0 radical (unpaired) electrons. The van der Waals surface area contributed by atoms with E-state index in [0.717, 1.165) is 78.5 Å². The van der Waals surface area contributed by atoms with Crippen molar-refractivity contribution in [3.63, 3.8) is 0 Å². The van der Waals surface area contributed by atoms with Gasteiger partial charge in [0.1, 0.15) is 11.5 Å². The third kappa shape index (κ3) is 5.67. The standard InChI is InChI=1S/C50H34N4/c1-5-15-35(16-6-1)41-31-42(36-24-26-38(27-25-36)49-48(37-17-7-2-8-18-37)52-47-23-13-14-30-53(47)49)33-43(32-41)40-28-29-45-46(34-40)54(44-21-11-4-12-22-44)50(51-45)39-19-9-3-10-20-39/h1-34H/i1D,5D,6D,15D,16D. The normalized spacial score (nSPS) is 12.6. The van der Waals surface area contributed by atoms with Crippen molar-refractivity contribution in [2.24, 2.45) is 0 Å². The maximum atomic E-state index is 8.91. The van der Waals surface area contributed by atoms with Gasteiger partial charge in [-0.15, -0.1) is 0 Å². The third-order valence-corrected chi connectivity index (χ3v) is 9.82. The van der Waals surface area contributed by atoms with Gasteiger partial charge in [-0.2, -0.15) is 0 Å². The Morgan fingerprint density at radius 3 is 1.74 bits per heavy atom. The van der Waals surface area contributed by atoms with E-state index < -0.39 is 6.04 Å². The average molecular weight is 696 g/mol. The van der Waals surface area contributed by atoms with E-state index in [2.05, 4.69) is 81.8 Å². The van der Waals surface area contributed by atoms with Crippen molar-refractivity contribution in [3.8, 4) is 73.0 Å². The van der Waals surface area contributed by atoms with Gasteiger partial charge < -0.3 is 0 Å². The smallest absolute Gasteiger partial charge is 0.145 e. The van der Waals surface area contributed by atoms with Crippen molar-refractivity contribution >= 4 is 16.7 Å². The van der Waals surface area contributed by atoms with Crippen molar-refractivity contribution in [3.05, 3.63) is 206 Å². The fourth-order valence-electron chi connectivity index (χ4n) is 7.26. The lowest BCUT2D eigenvalue weighted by atomic mass is 9.92. The molecule has 0 atom stereocenters. The Labute approximate surface area is 321 Å². The Hall–Kier alpha value is -7.30. The summed E-state index contributed by atoms with van der Waals surface area (Å²) in [6, 6.07) is 55.2. The molecule has 0 aliphatic carbocycles. The molecule has 0 fully saturated rings. The number of hydrogen-bond donors (Lipinski definition) is 0. The van der Waals surface area contributed by atoms with E-state index in [-0.39, 0.29) is 29.7 Å². The molecule has 0 aliphatic heterocycles. The number of aromatic nitrogens is 4. The molecule has 0 bridgehead atoms. The maximum absolute atomic E-state index is 8.91. The van der Waals surface area contributed by atoms with Crippen LogP contribution >= 0.6 is 0 Å². The van der Waals surface area contributed by atoms with Gasteiger partial charge >= 0.3 is 0 Å². The maximum Gasteiger partial charge on any atom is 0.145 e. The first-order chi connectivity index (χ1) is 28.8. The van der Waals surface area contributed by atoms with Gasteiger partial charge in [-0.05, 0) is 88.0 Å².